The van der Waals surface area contributed by atoms with Crippen LogP contribution in [0.4, 0.5) is 0 Å². The first-order chi connectivity index (χ1) is 11.3. The van der Waals surface area contributed by atoms with Crippen LogP contribution in [0.25, 0.3) is 0 Å². The van der Waals surface area contributed by atoms with Crippen molar-refractivity contribution in [2.75, 3.05) is 6.61 Å². The number of carbonyl (C=O) groups excluding carboxylic acids is 3. The molecule has 1 atom stereocenters. The number of amides is 3. The molecule has 24 heavy (non-hydrogen) atoms. The molecule has 0 aliphatic rings. The van der Waals surface area contributed by atoms with Crippen molar-refractivity contribution in [3.63, 3.8) is 0 Å². The lowest BCUT2D eigenvalue weighted by Crippen LogP contribution is -2.54. The van der Waals surface area contributed by atoms with Crippen LogP contribution in [0.1, 0.15) is 26.3 Å². The van der Waals surface area contributed by atoms with Gasteiger partial charge in [-0.2, -0.15) is 5.26 Å². The second kappa shape index (κ2) is 9.15. The van der Waals surface area contributed by atoms with Gasteiger partial charge in [0.25, 0.3) is 11.8 Å². The van der Waals surface area contributed by atoms with Gasteiger partial charge in [0.1, 0.15) is 17.9 Å². The van der Waals surface area contributed by atoms with Crippen LogP contribution in [0, 0.1) is 17.2 Å². The van der Waals surface area contributed by atoms with E-state index in [0.717, 1.165) is 0 Å². The minimum atomic E-state index is -0.761. The summed E-state index contributed by atoms with van der Waals surface area (Å²) in [7, 11) is 0. The van der Waals surface area contributed by atoms with Gasteiger partial charge >= 0.3 is 0 Å². The molecule has 0 aliphatic heterocycles. The quantitative estimate of drug-likeness (QED) is 0.645. The molecule has 1 aromatic carbocycles. The van der Waals surface area contributed by atoms with Crippen molar-refractivity contribution in [3.8, 4) is 11.8 Å². The highest BCUT2D eigenvalue weighted by atomic mass is 16.5. The highest BCUT2D eigenvalue weighted by molar-refractivity contribution is 5.89. The first-order valence-corrected chi connectivity index (χ1v) is 7.33. The van der Waals surface area contributed by atoms with Gasteiger partial charge in [0, 0.05) is 6.92 Å². The maximum Gasteiger partial charge on any atom is 0.276 e. The van der Waals surface area contributed by atoms with Crippen molar-refractivity contribution < 1.29 is 19.1 Å². The van der Waals surface area contributed by atoms with Crippen molar-refractivity contribution in [3.05, 3.63) is 29.8 Å². The Kier molecular flexibility index (Phi) is 7.23. The van der Waals surface area contributed by atoms with E-state index in [-0.39, 0.29) is 24.2 Å². The van der Waals surface area contributed by atoms with Gasteiger partial charge < -0.3 is 10.1 Å². The lowest BCUT2D eigenvalue weighted by Gasteiger charge is -2.21. The van der Waals surface area contributed by atoms with Crippen LogP contribution < -0.4 is 20.9 Å². The summed E-state index contributed by atoms with van der Waals surface area (Å²) < 4.78 is 5.24. The summed E-state index contributed by atoms with van der Waals surface area (Å²) in [5.41, 5.74) is 4.74. The van der Waals surface area contributed by atoms with E-state index < -0.39 is 17.9 Å². The van der Waals surface area contributed by atoms with E-state index in [4.69, 9.17) is 10.00 Å². The van der Waals surface area contributed by atoms with Crippen molar-refractivity contribution in [1.82, 2.24) is 16.2 Å². The molecule has 0 heterocycles. The van der Waals surface area contributed by atoms with Gasteiger partial charge in [-0.15, -0.1) is 0 Å². The van der Waals surface area contributed by atoms with Crippen LogP contribution in [-0.2, 0) is 14.4 Å². The van der Waals surface area contributed by atoms with Gasteiger partial charge in [-0.05, 0) is 18.1 Å². The minimum absolute atomic E-state index is 0.149. The standard InChI is InChI=1S/C16H20N4O4/c1-10(2)15(18-11(3)21)16(23)20-19-14(22)9-24-13-7-5-4-6-12(13)8-17/h4-7,10,15H,9H2,1-3H3,(H,18,21)(H,19,22)(H,20,23)/t15-/m1/s1. The van der Waals surface area contributed by atoms with Crippen molar-refractivity contribution in [2.24, 2.45) is 5.92 Å². The first kappa shape index (κ1) is 19.0. The fourth-order valence-corrected chi connectivity index (χ4v) is 1.83. The average Bonchev–Trinajstić information content (AvgIpc) is 2.55. The molecule has 3 N–H and O–H groups in total. The molecule has 0 bridgehead atoms. The van der Waals surface area contributed by atoms with Gasteiger partial charge in [0.2, 0.25) is 5.91 Å². The summed E-state index contributed by atoms with van der Waals surface area (Å²) in [4.78, 5) is 34.8. The molecule has 0 unspecified atom stereocenters. The van der Waals surface area contributed by atoms with E-state index in [1.54, 1.807) is 38.1 Å². The zero-order chi connectivity index (χ0) is 18.1. The third-order valence-corrected chi connectivity index (χ3v) is 3.00. The molecule has 1 aromatic rings. The van der Waals surface area contributed by atoms with Gasteiger partial charge in [0.15, 0.2) is 6.61 Å². The number of nitrogens with zero attached hydrogens (tertiary/aromatic N) is 1. The number of hydrazine groups is 1. The van der Waals surface area contributed by atoms with E-state index in [1.165, 1.54) is 6.92 Å². The van der Waals surface area contributed by atoms with E-state index in [2.05, 4.69) is 16.2 Å². The third kappa shape index (κ3) is 5.96. The fraction of sp³-hybridized carbons (Fsp3) is 0.375. The Bertz CT molecular complexity index is 652. The van der Waals surface area contributed by atoms with E-state index in [1.807, 2.05) is 6.07 Å². The van der Waals surface area contributed by atoms with Gasteiger partial charge in [-0.25, -0.2) is 0 Å². The summed E-state index contributed by atoms with van der Waals surface area (Å²) in [5, 5.41) is 11.4. The predicted octanol–water partition coefficient (Wildman–Crippen LogP) is 0.245. The zero-order valence-corrected chi connectivity index (χ0v) is 13.8. The molecule has 0 aliphatic carbocycles. The molecular weight excluding hydrogens is 312 g/mol. The van der Waals surface area contributed by atoms with Crippen molar-refractivity contribution in [1.29, 1.82) is 5.26 Å². The van der Waals surface area contributed by atoms with Crippen LogP contribution in [0.3, 0.4) is 0 Å². The number of nitrogens with one attached hydrogen (secondary N) is 3. The minimum Gasteiger partial charge on any atom is -0.482 e. The molecule has 0 fully saturated rings. The van der Waals surface area contributed by atoms with Crippen LogP contribution in [0.15, 0.2) is 24.3 Å². The Morgan fingerprint density at radius 3 is 2.46 bits per heavy atom. The Morgan fingerprint density at radius 1 is 1.21 bits per heavy atom. The highest BCUT2D eigenvalue weighted by Crippen LogP contribution is 2.15. The highest BCUT2D eigenvalue weighted by Gasteiger charge is 2.23. The van der Waals surface area contributed by atoms with Crippen LogP contribution >= 0.6 is 0 Å². The molecule has 8 nitrogen and oxygen atoms in total. The summed E-state index contributed by atoms with van der Waals surface area (Å²) >= 11 is 0. The second-order valence-electron chi connectivity index (χ2n) is 5.36. The molecule has 0 spiro atoms. The van der Waals surface area contributed by atoms with Crippen LogP contribution in [-0.4, -0.2) is 30.4 Å². The lowest BCUT2D eigenvalue weighted by atomic mass is 10.0. The third-order valence-electron chi connectivity index (χ3n) is 3.00. The van der Waals surface area contributed by atoms with Crippen LogP contribution in [0.2, 0.25) is 0 Å². The van der Waals surface area contributed by atoms with Gasteiger partial charge in [-0.1, -0.05) is 26.0 Å². The Labute approximate surface area is 140 Å². The number of ether oxygens (including phenoxy) is 1. The number of rotatable bonds is 6. The van der Waals surface area contributed by atoms with E-state index >= 15 is 0 Å². The van der Waals surface area contributed by atoms with Gasteiger partial charge in [0.05, 0.1) is 5.56 Å². The second-order valence-corrected chi connectivity index (χ2v) is 5.36. The van der Waals surface area contributed by atoms with Crippen molar-refractivity contribution in [2.45, 2.75) is 26.8 Å². The van der Waals surface area contributed by atoms with Crippen molar-refractivity contribution >= 4 is 17.7 Å². The molecule has 128 valence electrons. The number of benzene rings is 1. The molecule has 0 saturated carbocycles. The molecular formula is C16H20N4O4. The molecule has 3 amide bonds. The fourth-order valence-electron chi connectivity index (χ4n) is 1.83. The zero-order valence-electron chi connectivity index (χ0n) is 13.8. The number of hydrogen-bond acceptors (Lipinski definition) is 5. The Balaban J connectivity index is 2.49. The summed E-state index contributed by atoms with van der Waals surface area (Å²) in [6.07, 6.45) is 0. The first-order valence-electron chi connectivity index (χ1n) is 7.33. The molecule has 0 saturated heterocycles. The molecule has 1 rings (SSSR count). The number of nitriles is 1. The number of carbonyl (C=O) groups is 3. The Morgan fingerprint density at radius 2 is 1.88 bits per heavy atom. The summed E-state index contributed by atoms with van der Waals surface area (Å²) in [5.74, 6) is -1.34. The average molecular weight is 332 g/mol. The number of para-hydroxylation sites is 1. The molecule has 8 heteroatoms. The SMILES string of the molecule is CC(=O)N[C@@H](C(=O)NNC(=O)COc1ccccc1C#N)C(C)C. The maximum absolute atomic E-state index is 12.0. The number of hydrogen-bond donors (Lipinski definition) is 3. The Hall–Kier alpha value is -3.08. The van der Waals surface area contributed by atoms with E-state index in [0.29, 0.717) is 5.56 Å². The molecule has 0 aromatic heterocycles. The largest absolute Gasteiger partial charge is 0.482 e. The van der Waals surface area contributed by atoms with Crippen LogP contribution in [0.5, 0.6) is 5.75 Å². The molecule has 0 radical (unpaired) electrons. The maximum atomic E-state index is 12.0. The summed E-state index contributed by atoms with van der Waals surface area (Å²) in [6.45, 7) is 4.47. The monoisotopic (exact) mass is 332 g/mol. The van der Waals surface area contributed by atoms with E-state index in [9.17, 15) is 14.4 Å². The van der Waals surface area contributed by atoms with Gasteiger partial charge in [-0.3, -0.25) is 25.2 Å². The smallest absolute Gasteiger partial charge is 0.276 e. The summed E-state index contributed by atoms with van der Waals surface area (Å²) in [6, 6.07) is 7.68. The lowest BCUT2D eigenvalue weighted by molar-refractivity contribution is -0.133. The predicted molar refractivity (Wildman–Crippen MR) is 85.4 cm³/mol. The normalized spacial score (nSPS) is 11.1. The topological polar surface area (TPSA) is 120 Å².